The fourth-order valence-corrected chi connectivity index (χ4v) is 3.93. The topological polar surface area (TPSA) is 41.3 Å². The molecule has 0 atom stereocenters. The average molecular weight is 507 g/mol. The number of thiophene rings is 1. The molecule has 6 heteroatoms. The number of likely N-dealkylation sites (N-methyl/N-ethyl adjacent to an activating group) is 2. The van der Waals surface area contributed by atoms with Gasteiger partial charge in [0.05, 0.1) is 0 Å². The molecule has 1 aromatic carbocycles. The number of nitrogens with zero attached hydrogens (tertiary/aromatic N) is 1. The quantitative estimate of drug-likeness (QED) is 0.366. The van der Waals surface area contributed by atoms with Crippen molar-refractivity contribution < 1.29 is 0 Å². The molecule has 2 aromatic rings. The van der Waals surface area contributed by atoms with Crippen molar-refractivity contribution in [2.75, 3.05) is 38.1 Å². The van der Waals surface area contributed by atoms with Crippen LogP contribution in [0.1, 0.15) is 30.7 Å². The Morgan fingerprint density at radius 1 is 1.12 bits per heavy atom. The van der Waals surface area contributed by atoms with E-state index in [1.165, 1.54) is 17.5 Å². The molecule has 33 heavy (non-hydrogen) atoms. The number of benzene rings is 1. The van der Waals surface area contributed by atoms with Crippen LogP contribution in [0.3, 0.4) is 0 Å². The smallest absolute Gasteiger partial charge is 0.0498 e. The molecule has 180 valence electrons. The molecule has 0 aliphatic heterocycles. The molecule has 0 unspecified atom stereocenters. The predicted molar refractivity (Wildman–Crippen MR) is 152 cm³/mol. The molecule has 1 heterocycles. The second-order valence-electron chi connectivity index (χ2n) is 7.10. The summed E-state index contributed by atoms with van der Waals surface area (Å²) in [5, 5.41) is 6.97. The SMILES string of the molecule is CCNCCN(CC)c1ccc(/C=C/C2=CC=C(Cl)C=CC2)c(Cl)c1.CN.Cc1cccs1. The van der Waals surface area contributed by atoms with Gasteiger partial charge in [0.15, 0.2) is 0 Å². The highest BCUT2D eigenvalue weighted by Crippen LogP contribution is 2.25. The summed E-state index contributed by atoms with van der Waals surface area (Å²) in [5.41, 5.74) is 7.89. The molecule has 0 saturated carbocycles. The van der Waals surface area contributed by atoms with Crippen molar-refractivity contribution in [1.29, 1.82) is 0 Å². The highest BCUT2D eigenvalue weighted by molar-refractivity contribution is 7.09. The number of anilines is 1. The lowest BCUT2D eigenvalue weighted by Crippen LogP contribution is -2.31. The summed E-state index contributed by atoms with van der Waals surface area (Å²) < 4.78 is 0. The summed E-state index contributed by atoms with van der Waals surface area (Å²) in [7, 11) is 1.50. The van der Waals surface area contributed by atoms with E-state index in [2.05, 4.69) is 90.7 Å². The van der Waals surface area contributed by atoms with Crippen molar-refractivity contribution in [3.63, 3.8) is 0 Å². The minimum atomic E-state index is 0.753. The van der Waals surface area contributed by atoms with Gasteiger partial charge in [-0.1, -0.05) is 66.6 Å². The van der Waals surface area contributed by atoms with Gasteiger partial charge in [-0.25, -0.2) is 0 Å². The summed E-state index contributed by atoms with van der Waals surface area (Å²) in [6.45, 7) is 10.3. The number of nitrogens with two attached hydrogens (primary N) is 1. The van der Waals surface area contributed by atoms with Crippen molar-refractivity contribution >= 4 is 46.3 Å². The standard InChI is InChI=1S/C21H26Cl2N2.C5H6S.CH5N/c1-3-24-14-15-25(4-2)20-13-11-18(21(23)16-20)10-8-17-6-5-7-19(22)12-9-17;1-5-3-2-4-6-5;1-2/h5,7-13,16,24H,3-4,6,14-15H2,1-2H3;2-4H,1H3;2H2,1H3/b10-8+;;. The molecular weight excluding hydrogens is 469 g/mol. The molecular formula is C27H37Cl2N3S. The van der Waals surface area contributed by atoms with E-state index in [1.807, 2.05) is 18.2 Å². The predicted octanol–water partition coefficient (Wildman–Crippen LogP) is 7.43. The Balaban J connectivity index is 0.000000578. The van der Waals surface area contributed by atoms with Crippen LogP contribution in [0, 0.1) is 6.92 Å². The van der Waals surface area contributed by atoms with Gasteiger partial charge in [0.2, 0.25) is 0 Å². The third-order valence-corrected chi connectivity index (χ3v) is 6.15. The minimum absolute atomic E-state index is 0.753. The lowest BCUT2D eigenvalue weighted by Gasteiger charge is -2.23. The van der Waals surface area contributed by atoms with Crippen LogP contribution in [0.5, 0.6) is 0 Å². The van der Waals surface area contributed by atoms with Crippen LogP contribution in [-0.4, -0.2) is 33.2 Å². The van der Waals surface area contributed by atoms with Crippen molar-refractivity contribution in [2.45, 2.75) is 27.2 Å². The zero-order chi connectivity index (χ0) is 24.5. The van der Waals surface area contributed by atoms with E-state index in [1.54, 1.807) is 11.3 Å². The highest BCUT2D eigenvalue weighted by atomic mass is 35.5. The van der Waals surface area contributed by atoms with Gasteiger partial charge in [0, 0.05) is 40.3 Å². The molecule has 0 radical (unpaired) electrons. The number of hydrogen-bond acceptors (Lipinski definition) is 4. The monoisotopic (exact) mass is 505 g/mol. The number of allylic oxidation sites excluding steroid dienone is 7. The summed E-state index contributed by atoms with van der Waals surface area (Å²) in [5.74, 6) is 0. The number of rotatable bonds is 8. The van der Waals surface area contributed by atoms with Gasteiger partial charge in [-0.15, -0.1) is 11.3 Å². The largest absolute Gasteiger partial charge is 0.370 e. The maximum absolute atomic E-state index is 6.50. The second-order valence-corrected chi connectivity index (χ2v) is 9.09. The van der Waals surface area contributed by atoms with Gasteiger partial charge in [-0.3, -0.25) is 0 Å². The Hall–Kier alpha value is -1.82. The van der Waals surface area contributed by atoms with E-state index in [-0.39, 0.29) is 0 Å². The van der Waals surface area contributed by atoms with Crippen molar-refractivity contribution in [3.05, 3.63) is 92.2 Å². The molecule has 1 aromatic heterocycles. The number of nitrogens with one attached hydrogen (secondary N) is 1. The van der Waals surface area contributed by atoms with Gasteiger partial charge in [-0.2, -0.15) is 0 Å². The molecule has 1 aliphatic carbocycles. The molecule has 3 N–H and O–H groups in total. The van der Waals surface area contributed by atoms with Crippen LogP contribution < -0.4 is 16.0 Å². The number of hydrogen-bond donors (Lipinski definition) is 2. The van der Waals surface area contributed by atoms with E-state index in [0.29, 0.717) is 0 Å². The maximum Gasteiger partial charge on any atom is 0.0498 e. The van der Waals surface area contributed by atoms with Gasteiger partial charge < -0.3 is 16.0 Å². The van der Waals surface area contributed by atoms with Gasteiger partial charge in [0.1, 0.15) is 0 Å². The van der Waals surface area contributed by atoms with E-state index in [0.717, 1.165) is 53.9 Å². The van der Waals surface area contributed by atoms with Crippen LogP contribution in [0.2, 0.25) is 5.02 Å². The van der Waals surface area contributed by atoms with Crippen molar-refractivity contribution in [3.8, 4) is 0 Å². The molecule has 1 aliphatic rings. The average Bonchev–Trinajstić information content (AvgIpc) is 3.21. The summed E-state index contributed by atoms with van der Waals surface area (Å²) >= 11 is 14.3. The first-order valence-corrected chi connectivity index (χ1v) is 12.9. The summed E-state index contributed by atoms with van der Waals surface area (Å²) in [6, 6.07) is 10.4. The third kappa shape index (κ3) is 11.7. The fourth-order valence-electron chi connectivity index (χ4n) is 3.01. The molecule has 0 amide bonds. The first-order chi connectivity index (χ1) is 16.0. The molecule has 0 spiro atoms. The number of aryl methyl sites for hydroxylation is 1. The van der Waals surface area contributed by atoms with Gasteiger partial charge in [0.25, 0.3) is 0 Å². The Morgan fingerprint density at radius 2 is 1.91 bits per heavy atom. The molecule has 3 rings (SSSR count). The van der Waals surface area contributed by atoms with Gasteiger partial charge >= 0.3 is 0 Å². The fraction of sp³-hybridized carbons (Fsp3) is 0.333. The Bertz CT molecular complexity index is 915. The zero-order valence-electron chi connectivity index (χ0n) is 20.2. The Kier molecular flexibility index (Phi) is 15.6. The van der Waals surface area contributed by atoms with E-state index in [4.69, 9.17) is 23.2 Å². The Morgan fingerprint density at radius 3 is 2.48 bits per heavy atom. The second kappa shape index (κ2) is 17.6. The van der Waals surface area contributed by atoms with Crippen molar-refractivity contribution in [2.24, 2.45) is 5.73 Å². The Labute approximate surface area is 214 Å². The first-order valence-electron chi connectivity index (χ1n) is 11.3. The first kappa shape index (κ1) is 29.2. The third-order valence-electron chi connectivity index (χ3n) is 4.77. The van der Waals surface area contributed by atoms with Crippen LogP contribution in [0.25, 0.3) is 6.08 Å². The molecule has 0 bridgehead atoms. The van der Waals surface area contributed by atoms with Gasteiger partial charge in [-0.05, 0) is 80.7 Å². The summed E-state index contributed by atoms with van der Waals surface area (Å²) in [4.78, 5) is 3.71. The van der Waals surface area contributed by atoms with Crippen LogP contribution >= 0.6 is 34.5 Å². The molecule has 0 saturated heterocycles. The maximum atomic E-state index is 6.50. The molecule has 0 fully saturated rings. The normalized spacial score (nSPS) is 12.7. The van der Waals surface area contributed by atoms with Crippen LogP contribution in [0.15, 0.2) is 76.7 Å². The molecule has 3 nitrogen and oxygen atoms in total. The van der Waals surface area contributed by atoms with E-state index < -0.39 is 0 Å². The van der Waals surface area contributed by atoms with Crippen LogP contribution in [0.4, 0.5) is 5.69 Å². The minimum Gasteiger partial charge on any atom is -0.370 e. The van der Waals surface area contributed by atoms with Crippen molar-refractivity contribution in [1.82, 2.24) is 5.32 Å². The summed E-state index contributed by atoms with van der Waals surface area (Å²) in [6.07, 6.45) is 13.0. The zero-order valence-corrected chi connectivity index (χ0v) is 22.5. The van der Waals surface area contributed by atoms with Crippen LogP contribution in [-0.2, 0) is 0 Å². The number of halogens is 2. The van der Waals surface area contributed by atoms with E-state index >= 15 is 0 Å². The lowest BCUT2D eigenvalue weighted by molar-refractivity contribution is 0.688. The van der Waals surface area contributed by atoms with E-state index in [9.17, 15) is 0 Å². The lowest BCUT2D eigenvalue weighted by atomic mass is 10.1. The highest BCUT2D eigenvalue weighted by Gasteiger charge is 2.06.